The molecule has 1 aromatic carbocycles. The number of ketones is 2. The van der Waals surface area contributed by atoms with E-state index in [0.29, 0.717) is 0 Å². The van der Waals surface area contributed by atoms with Crippen LogP contribution in [0.1, 0.15) is 32.3 Å². The van der Waals surface area contributed by atoms with Gasteiger partial charge in [-0.25, -0.2) is 4.79 Å². The molecule has 0 aromatic heterocycles. The molecule has 29 heavy (non-hydrogen) atoms. The molecule has 0 radical (unpaired) electrons. The van der Waals surface area contributed by atoms with Crippen LogP contribution in [0.2, 0.25) is 0 Å². The first-order chi connectivity index (χ1) is 13.6. The minimum absolute atomic E-state index is 0.0144. The first kappa shape index (κ1) is 22.5. The van der Waals surface area contributed by atoms with Gasteiger partial charge in [0.2, 0.25) is 0 Å². The lowest BCUT2D eigenvalue weighted by molar-refractivity contribution is -0.175. The average Bonchev–Trinajstić information content (AvgIpc) is 2.70. The molecule has 0 bridgehead atoms. The first-order valence-corrected chi connectivity index (χ1v) is 9.29. The van der Waals surface area contributed by atoms with Crippen LogP contribution >= 0.6 is 0 Å². The van der Waals surface area contributed by atoms with E-state index in [4.69, 9.17) is 20.9 Å². The van der Waals surface area contributed by atoms with Crippen LogP contribution in [0.4, 0.5) is 4.79 Å². The van der Waals surface area contributed by atoms with Crippen molar-refractivity contribution in [3.8, 4) is 0 Å². The summed E-state index contributed by atoms with van der Waals surface area (Å²) in [6.07, 6.45) is -0.698. The third-order valence-corrected chi connectivity index (χ3v) is 5.40. The van der Waals surface area contributed by atoms with E-state index in [1.54, 1.807) is 24.3 Å². The van der Waals surface area contributed by atoms with Crippen LogP contribution in [-0.2, 0) is 30.5 Å². The highest BCUT2D eigenvalue weighted by molar-refractivity contribution is 6.17. The Hall–Kier alpha value is -2.78. The summed E-state index contributed by atoms with van der Waals surface area (Å²) in [6.45, 7) is 2.83. The van der Waals surface area contributed by atoms with Crippen molar-refractivity contribution in [3.05, 3.63) is 35.9 Å². The van der Waals surface area contributed by atoms with Crippen molar-refractivity contribution in [3.63, 3.8) is 0 Å². The van der Waals surface area contributed by atoms with Crippen molar-refractivity contribution in [1.29, 1.82) is 0 Å². The maximum Gasteiger partial charge on any atom is 0.408 e. The van der Waals surface area contributed by atoms with Gasteiger partial charge < -0.3 is 26.3 Å². The van der Waals surface area contributed by atoms with E-state index in [0.717, 1.165) is 12.7 Å². The zero-order valence-electron chi connectivity index (χ0n) is 16.8. The number of rotatable bonds is 8. The molecule has 1 saturated carbocycles. The van der Waals surface area contributed by atoms with Crippen molar-refractivity contribution in [2.45, 2.75) is 50.9 Å². The van der Waals surface area contributed by atoms with Gasteiger partial charge in [0.05, 0.1) is 19.2 Å². The number of esters is 1. The largest absolute Gasteiger partial charge is 0.468 e. The summed E-state index contributed by atoms with van der Waals surface area (Å²) in [6, 6.07) is 6.85. The van der Waals surface area contributed by atoms with Crippen LogP contribution in [0.25, 0.3) is 0 Å². The number of nitrogens with two attached hydrogens (primary N) is 2. The van der Waals surface area contributed by atoms with E-state index in [1.165, 1.54) is 13.8 Å². The maximum absolute atomic E-state index is 13.2. The summed E-state index contributed by atoms with van der Waals surface area (Å²) in [7, 11) is 1.13. The van der Waals surface area contributed by atoms with Crippen molar-refractivity contribution in [1.82, 2.24) is 5.32 Å². The minimum atomic E-state index is -1.86. The Balaban J connectivity index is 2.15. The Morgan fingerprint density at radius 3 is 2.21 bits per heavy atom. The number of ether oxygens (including phenoxy) is 2. The Morgan fingerprint density at radius 1 is 1.10 bits per heavy atom. The molecule has 0 heterocycles. The zero-order chi connectivity index (χ0) is 21.8. The standard InChI is InChI=1S/C20H27N3O6/c1-12(21)15(24)19(9-10-20(19,22)17(26)28-3)16(25)13(2)23-18(27)29-11-14-7-5-4-6-8-14/h4-8,12-13H,9-11,21-22H2,1-3H3,(H,23,27). The van der Waals surface area contributed by atoms with Gasteiger partial charge in [0, 0.05) is 0 Å². The van der Waals surface area contributed by atoms with Crippen molar-refractivity contribution in [2.24, 2.45) is 16.9 Å². The molecule has 1 aliphatic rings. The topological polar surface area (TPSA) is 151 Å². The van der Waals surface area contributed by atoms with Crippen LogP contribution in [0.5, 0.6) is 0 Å². The van der Waals surface area contributed by atoms with Crippen molar-refractivity contribution < 1.29 is 28.7 Å². The fourth-order valence-electron chi connectivity index (χ4n) is 3.68. The second-order valence-electron chi connectivity index (χ2n) is 7.31. The van der Waals surface area contributed by atoms with E-state index in [-0.39, 0.29) is 19.4 Å². The fourth-order valence-corrected chi connectivity index (χ4v) is 3.68. The molecule has 0 aliphatic heterocycles. The fraction of sp³-hybridized carbons (Fsp3) is 0.500. The molecule has 158 valence electrons. The number of benzene rings is 1. The van der Waals surface area contributed by atoms with Gasteiger partial charge in [0.25, 0.3) is 0 Å². The summed E-state index contributed by atoms with van der Waals surface area (Å²) in [5.74, 6) is -2.23. The van der Waals surface area contributed by atoms with E-state index in [9.17, 15) is 19.2 Å². The first-order valence-electron chi connectivity index (χ1n) is 9.29. The second kappa shape index (κ2) is 8.71. The SMILES string of the molecule is COC(=O)C1(N)CCC1(C(=O)C(C)N)C(=O)C(C)NC(=O)OCc1ccccc1. The molecular weight excluding hydrogens is 378 g/mol. The van der Waals surface area contributed by atoms with E-state index in [1.807, 2.05) is 6.07 Å². The summed E-state index contributed by atoms with van der Waals surface area (Å²) in [4.78, 5) is 50.4. The van der Waals surface area contributed by atoms with Gasteiger partial charge in [0.15, 0.2) is 11.6 Å². The van der Waals surface area contributed by atoms with Gasteiger partial charge in [-0.05, 0) is 32.3 Å². The molecule has 9 heteroatoms. The lowest BCUT2D eigenvalue weighted by Gasteiger charge is -2.53. The molecule has 0 saturated heterocycles. The average molecular weight is 405 g/mol. The minimum Gasteiger partial charge on any atom is -0.468 e. The van der Waals surface area contributed by atoms with Gasteiger partial charge in [-0.1, -0.05) is 30.3 Å². The smallest absolute Gasteiger partial charge is 0.408 e. The Labute approximate surface area is 169 Å². The van der Waals surface area contributed by atoms with Crippen molar-refractivity contribution in [2.75, 3.05) is 7.11 Å². The molecule has 1 amide bonds. The third-order valence-electron chi connectivity index (χ3n) is 5.40. The number of amides is 1. The van der Waals surface area contributed by atoms with Gasteiger partial charge in [-0.3, -0.25) is 14.4 Å². The van der Waals surface area contributed by atoms with Crippen LogP contribution in [0, 0.1) is 5.41 Å². The van der Waals surface area contributed by atoms with Crippen LogP contribution in [-0.4, -0.2) is 48.4 Å². The summed E-state index contributed by atoms with van der Waals surface area (Å²) in [5, 5.41) is 2.40. The molecule has 9 nitrogen and oxygen atoms in total. The third kappa shape index (κ3) is 4.01. The monoisotopic (exact) mass is 405 g/mol. The summed E-state index contributed by atoms with van der Waals surface area (Å²) < 4.78 is 9.83. The normalized spacial score (nSPS) is 25.1. The number of carbonyl (C=O) groups is 4. The molecule has 5 N–H and O–H groups in total. The van der Waals surface area contributed by atoms with Crippen LogP contribution in [0.15, 0.2) is 30.3 Å². The molecule has 4 atom stereocenters. The number of nitrogens with one attached hydrogen (secondary N) is 1. The molecule has 1 fully saturated rings. The van der Waals surface area contributed by atoms with E-state index in [2.05, 4.69) is 5.32 Å². The van der Waals surface area contributed by atoms with E-state index >= 15 is 0 Å². The van der Waals surface area contributed by atoms with Gasteiger partial charge in [-0.2, -0.15) is 0 Å². The van der Waals surface area contributed by atoms with Gasteiger partial charge in [0.1, 0.15) is 17.6 Å². The molecule has 1 aromatic rings. The Bertz CT molecular complexity index is 797. The zero-order valence-corrected chi connectivity index (χ0v) is 16.8. The maximum atomic E-state index is 13.2. The number of methoxy groups -OCH3 is 1. The highest BCUT2D eigenvalue weighted by atomic mass is 16.5. The number of hydrogen-bond donors (Lipinski definition) is 3. The molecule has 4 unspecified atom stereocenters. The lowest BCUT2D eigenvalue weighted by Crippen LogP contribution is -2.77. The Kier molecular flexibility index (Phi) is 6.76. The van der Waals surface area contributed by atoms with Crippen LogP contribution in [0.3, 0.4) is 0 Å². The highest BCUT2D eigenvalue weighted by Crippen LogP contribution is 2.51. The van der Waals surface area contributed by atoms with Gasteiger partial charge in [-0.15, -0.1) is 0 Å². The molecule has 1 aliphatic carbocycles. The summed E-state index contributed by atoms with van der Waals surface area (Å²) in [5.41, 5.74) is 8.97. The number of carbonyl (C=O) groups excluding carboxylic acids is 4. The van der Waals surface area contributed by atoms with Crippen LogP contribution < -0.4 is 16.8 Å². The molecular formula is C20H27N3O6. The molecule has 0 spiro atoms. The number of Topliss-reactive ketones (excluding diaryl/α,β-unsaturated/α-hetero) is 2. The number of hydrogen-bond acceptors (Lipinski definition) is 8. The predicted octanol–water partition coefficient (Wildman–Crippen LogP) is 0.437. The highest BCUT2D eigenvalue weighted by Gasteiger charge is 2.71. The van der Waals surface area contributed by atoms with Gasteiger partial charge >= 0.3 is 12.1 Å². The quantitative estimate of drug-likeness (QED) is 0.416. The summed E-state index contributed by atoms with van der Waals surface area (Å²) >= 11 is 0. The second-order valence-corrected chi connectivity index (χ2v) is 7.31. The molecule has 2 rings (SSSR count). The van der Waals surface area contributed by atoms with Crippen molar-refractivity contribution >= 4 is 23.6 Å². The predicted molar refractivity (Wildman–Crippen MR) is 103 cm³/mol. The van der Waals surface area contributed by atoms with E-state index < -0.39 is 46.7 Å². The lowest BCUT2D eigenvalue weighted by atomic mass is 9.49. The number of alkyl carbamates (subject to hydrolysis) is 1. The Morgan fingerprint density at radius 2 is 1.72 bits per heavy atom.